The van der Waals surface area contributed by atoms with Crippen LogP contribution in [0.2, 0.25) is 0 Å². The molecular weight excluding hydrogens is 271 g/mol. The number of alkyl halides is 3. The van der Waals surface area contributed by atoms with Gasteiger partial charge in [0.25, 0.3) is 0 Å². The number of carbonyl (C=O) groups is 1. The molecule has 2 rings (SSSR count). The first-order valence-corrected chi connectivity index (χ1v) is 6.35. The van der Waals surface area contributed by atoms with Gasteiger partial charge in [-0.05, 0) is 43.4 Å². The Morgan fingerprint density at radius 3 is 2.55 bits per heavy atom. The number of anilines is 1. The van der Waals surface area contributed by atoms with Gasteiger partial charge in [-0.2, -0.15) is 13.2 Å². The van der Waals surface area contributed by atoms with Crippen LogP contribution in [0.5, 0.6) is 0 Å². The van der Waals surface area contributed by atoms with E-state index in [0.717, 1.165) is 18.9 Å². The fraction of sp³-hybridized carbons (Fsp3) is 0.500. The molecule has 0 amide bonds. The summed E-state index contributed by atoms with van der Waals surface area (Å²) in [5.74, 6) is -0.306. The van der Waals surface area contributed by atoms with Crippen molar-refractivity contribution in [1.29, 1.82) is 0 Å². The summed E-state index contributed by atoms with van der Waals surface area (Å²) < 4.78 is 43.2. The van der Waals surface area contributed by atoms with E-state index in [9.17, 15) is 18.0 Å². The predicted octanol–water partition coefficient (Wildman–Crippen LogP) is 3.38. The Morgan fingerprint density at radius 1 is 1.40 bits per heavy atom. The summed E-state index contributed by atoms with van der Waals surface area (Å²) in [5, 5.41) is 2.86. The molecular formula is C14H16F3NO2. The molecule has 1 atom stereocenters. The van der Waals surface area contributed by atoms with Crippen LogP contribution in [0, 0.1) is 12.8 Å². The molecule has 3 nitrogen and oxygen atoms in total. The number of hydrogen-bond acceptors (Lipinski definition) is 3. The summed E-state index contributed by atoms with van der Waals surface area (Å²) >= 11 is 0. The molecule has 1 N–H and O–H groups in total. The Morgan fingerprint density at radius 2 is 2.05 bits per heavy atom. The Balaban J connectivity index is 2.22. The highest BCUT2D eigenvalue weighted by Gasteiger charge is 2.38. The lowest BCUT2D eigenvalue weighted by Gasteiger charge is -2.19. The highest BCUT2D eigenvalue weighted by Crippen LogP contribution is 2.37. The lowest BCUT2D eigenvalue weighted by Crippen LogP contribution is -2.32. The average molecular weight is 287 g/mol. The summed E-state index contributed by atoms with van der Waals surface area (Å²) in [4.78, 5) is 11.6. The van der Waals surface area contributed by atoms with E-state index in [1.807, 2.05) is 0 Å². The van der Waals surface area contributed by atoms with Gasteiger partial charge in [0.15, 0.2) is 0 Å². The van der Waals surface area contributed by atoms with Crippen molar-refractivity contribution in [2.45, 2.75) is 32.0 Å². The first-order chi connectivity index (χ1) is 9.32. The van der Waals surface area contributed by atoms with Crippen molar-refractivity contribution in [3.63, 3.8) is 0 Å². The zero-order chi connectivity index (χ0) is 14.9. The van der Waals surface area contributed by atoms with Crippen molar-refractivity contribution in [2.75, 3.05) is 12.4 Å². The summed E-state index contributed by atoms with van der Waals surface area (Å²) in [6, 6.07) is 3.40. The third kappa shape index (κ3) is 3.23. The Labute approximate surface area is 115 Å². The van der Waals surface area contributed by atoms with Crippen LogP contribution >= 0.6 is 0 Å². The number of benzene rings is 1. The summed E-state index contributed by atoms with van der Waals surface area (Å²) in [5.41, 5.74) is -0.253. The number of rotatable bonds is 4. The second-order valence-corrected chi connectivity index (χ2v) is 5.01. The molecule has 0 heterocycles. The first-order valence-electron chi connectivity index (χ1n) is 6.35. The third-order valence-corrected chi connectivity index (χ3v) is 3.41. The normalized spacial score (nSPS) is 16.6. The highest BCUT2D eigenvalue weighted by atomic mass is 19.4. The topological polar surface area (TPSA) is 38.3 Å². The minimum atomic E-state index is -4.40. The van der Waals surface area contributed by atoms with Crippen LogP contribution in [0.15, 0.2) is 18.2 Å². The molecule has 1 unspecified atom stereocenters. The van der Waals surface area contributed by atoms with Crippen molar-refractivity contribution < 1.29 is 22.7 Å². The van der Waals surface area contributed by atoms with Gasteiger partial charge >= 0.3 is 12.1 Å². The summed E-state index contributed by atoms with van der Waals surface area (Å²) in [6.45, 7) is 1.41. The number of aryl methyl sites for hydroxylation is 1. The van der Waals surface area contributed by atoms with Gasteiger partial charge in [-0.1, -0.05) is 6.07 Å². The highest BCUT2D eigenvalue weighted by molar-refractivity contribution is 5.80. The Kier molecular flexibility index (Phi) is 3.92. The van der Waals surface area contributed by atoms with Gasteiger partial charge in [-0.25, -0.2) is 4.79 Å². The molecule has 0 saturated heterocycles. The number of halogens is 3. The van der Waals surface area contributed by atoms with Crippen LogP contribution in [-0.4, -0.2) is 19.1 Å². The molecule has 0 aliphatic heterocycles. The largest absolute Gasteiger partial charge is 0.467 e. The van der Waals surface area contributed by atoms with Gasteiger partial charge in [-0.15, -0.1) is 0 Å². The second kappa shape index (κ2) is 5.34. The standard InChI is InChI=1S/C14H16F3NO2/c1-8-3-6-10(7-11(8)14(15,16)17)18-12(9-4-5-9)13(19)20-2/h3,6-7,9,12,18H,4-5H2,1-2H3. The maximum atomic E-state index is 12.8. The molecule has 6 heteroatoms. The van der Waals surface area contributed by atoms with Crippen molar-refractivity contribution in [3.8, 4) is 0 Å². The molecule has 0 bridgehead atoms. The molecule has 1 aromatic rings. The summed E-state index contributed by atoms with van der Waals surface area (Å²) in [6.07, 6.45) is -2.64. The van der Waals surface area contributed by atoms with E-state index < -0.39 is 23.8 Å². The Bertz CT molecular complexity index is 510. The number of nitrogens with one attached hydrogen (secondary N) is 1. The van der Waals surface area contributed by atoms with E-state index in [1.165, 1.54) is 20.1 Å². The second-order valence-electron chi connectivity index (χ2n) is 5.01. The molecule has 0 radical (unpaired) electrons. The van der Waals surface area contributed by atoms with Gasteiger partial charge < -0.3 is 10.1 Å². The molecule has 1 aliphatic carbocycles. The van der Waals surface area contributed by atoms with Gasteiger partial charge in [0.2, 0.25) is 0 Å². The summed E-state index contributed by atoms with van der Waals surface area (Å²) in [7, 11) is 1.27. The number of esters is 1. The van der Waals surface area contributed by atoms with Crippen LogP contribution in [0.1, 0.15) is 24.0 Å². The molecule has 0 aromatic heterocycles. The lowest BCUT2D eigenvalue weighted by molar-refractivity contribution is -0.142. The smallest absolute Gasteiger partial charge is 0.416 e. The average Bonchev–Trinajstić information content (AvgIpc) is 3.19. The van der Waals surface area contributed by atoms with Crippen LogP contribution < -0.4 is 5.32 Å². The van der Waals surface area contributed by atoms with E-state index in [4.69, 9.17) is 0 Å². The van der Waals surface area contributed by atoms with Crippen LogP contribution in [0.4, 0.5) is 18.9 Å². The monoisotopic (exact) mass is 287 g/mol. The minimum Gasteiger partial charge on any atom is -0.467 e. The number of carbonyl (C=O) groups excluding carboxylic acids is 1. The van der Waals surface area contributed by atoms with E-state index in [0.29, 0.717) is 0 Å². The lowest BCUT2D eigenvalue weighted by atomic mass is 10.1. The van der Waals surface area contributed by atoms with Gasteiger partial charge in [-0.3, -0.25) is 0 Å². The van der Waals surface area contributed by atoms with Gasteiger partial charge in [0, 0.05) is 5.69 Å². The number of ether oxygens (including phenoxy) is 1. The molecule has 0 spiro atoms. The number of hydrogen-bond donors (Lipinski definition) is 1. The molecule has 1 fully saturated rings. The predicted molar refractivity (Wildman–Crippen MR) is 68.3 cm³/mol. The SMILES string of the molecule is COC(=O)C(Nc1ccc(C)c(C(F)(F)F)c1)C1CC1. The van der Waals surface area contributed by atoms with Crippen LogP contribution in [-0.2, 0) is 15.7 Å². The first kappa shape index (κ1) is 14.7. The van der Waals surface area contributed by atoms with E-state index in [1.54, 1.807) is 6.07 Å². The van der Waals surface area contributed by atoms with Crippen LogP contribution in [0.3, 0.4) is 0 Å². The quantitative estimate of drug-likeness (QED) is 0.863. The van der Waals surface area contributed by atoms with E-state index in [2.05, 4.69) is 10.1 Å². The molecule has 1 saturated carbocycles. The molecule has 20 heavy (non-hydrogen) atoms. The number of methoxy groups -OCH3 is 1. The maximum Gasteiger partial charge on any atom is 0.416 e. The third-order valence-electron chi connectivity index (χ3n) is 3.41. The minimum absolute atomic E-state index is 0.137. The van der Waals surface area contributed by atoms with Crippen molar-refractivity contribution >= 4 is 11.7 Å². The van der Waals surface area contributed by atoms with Crippen molar-refractivity contribution in [2.24, 2.45) is 5.92 Å². The fourth-order valence-corrected chi connectivity index (χ4v) is 2.12. The van der Waals surface area contributed by atoms with Crippen LogP contribution in [0.25, 0.3) is 0 Å². The zero-order valence-corrected chi connectivity index (χ0v) is 11.3. The van der Waals surface area contributed by atoms with Crippen molar-refractivity contribution in [3.05, 3.63) is 29.3 Å². The zero-order valence-electron chi connectivity index (χ0n) is 11.3. The van der Waals surface area contributed by atoms with Crippen molar-refractivity contribution in [1.82, 2.24) is 0 Å². The van der Waals surface area contributed by atoms with E-state index in [-0.39, 0.29) is 17.2 Å². The molecule has 1 aliphatic rings. The van der Waals surface area contributed by atoms with Gasteiger partial charge in [0.1, 0.15) is 6.04 Å². The Hall–Kier alpha value is -1.72. The maximum absolute atomic E-state index is 12.8. The fourth-order valence-electron chi connectivity index (χ4n) is 2.12. The van der Waals surface area contributed by atoms with Gasteiger partial charge in [0.05, 0.1) is 12.7 Å². The van der Waals surface area contributed by atoms with E-state index >= 15 is 0 Å². The molecule has 110 valence electrons. The molecule has 1 aromatic carbocycles.